The van der Waals surface area contributed by atoms with Crippen LogP contribution in [0.25, 0.3) is 0 Å². The third kappa shape index (κ3) is 4.00. The van der Waals surface area contributed by atoms with Crippen LogP contribution in [0.2, 0.25) is 10.0 Å². The molecule has 0 aromatic heterocycles. The summed E-state index contributed by atoms with van der Waals surface area (Å²) in [4.78, 5) is 27.7. The molecule has 0 saturated carbocycles. The van der Waals surface area contributed by atoms with E-state index >= 15 is 0 Å². The maximum atomic E-state index is 13.3. The zero-order chi connectivity index (χ0) is 21.9. The number of ether oxygens (including phenoxy) is 1. The topological polar surface area (TPSA) is 84.7 Å². The van der Waals surface area contributed by atoms with E-state index in [1.807, 2.05) is 24.3 Å². The molecule has 1 heterocycles. The molecule has 1 aliphatic rings. The number of carbonyl (C=O) groups is 2. The Bertz CT molecular complexity index is 949. The van der Waals surface area contributed by atoms with E-state index in [4.69, 9.17) is 33.7 Å². The molecule has 0 radical (unpaired) electrons. The van der Waals surface area contributed by atoms with Crippen LogP contribution in [-0.2, 0) is 26.3 Å². The second-order valence-corrected chi connectivity index (χ2v) is 8.10. The molecular formula is C22H25Cl2N3O3. The fourth-order valence-corrected chi connectivity index (χ4v) is 4.76. The van der Waals surface area contributed by atoms with E-state index in [2.05, 4.69) is 5.32 Å². The lowest BCUT2D eigenvalue weighted by Gasteiger charge is -2.45. The van der Waals surface area contributed by atoms with E-state index in [1.165, 1.54) is 18.9 Å². The van der Waals surface area contributed by atoms with Gasteiger partial charge in [0.05, 0.1) is 12.1 Å². The third-order valence-corrected chi connectivity index (χ3v) is 5.87. The van der Waals surface area contributed by atoms with Crippen molar-refractivity contribution in [3.8, 4) is 0 Å². The van der Waals surface area contributed by atoms with Crippen LogP contribution in [0.5, 0.6) is 0 Å². The Morgan fingerprint density at radius 3 is 2.53 bits per heavy atom. The molecule has 0 saturated heterocycles. The summed E-state index contributed by atoms with van der Waals surface area (Å²) >= 11 is 12.7. The highest BCUT2D eigenvalue weighted by atomic mass is 35.5. The average Bonchev–Trinajstić information content (AvgIpc) is 2.71. The summed E-state index contributed by atoms with van der Waals surface area (Å²) in [5, 5.41) is 3.96. The lowest BCUT2D eigenvalue weighted by molar-refractivity contribution is -0.149. The summed E-state index contributed by atoms with van der Waals surface area (Å²) in [6.07, 6.45) is 2.01. The highest BCUT2D eigenvalue weighted by Gasteiger charge is 2.53. The molecule has 3 rings (SSSR count). The molecule has 0 spiro atoms. The monoisotopic (exact) mass is 449 g/mol. The van der Waals surface area contributed by atoms with Crippen LogP contribution in [0.15, 0.2) is 36.4 Å². The summed E-state index contributed by atoms with van der Waals surface area (Å²) in [6, 6.07) is 10.8. The van der Waals surface area contributed by atoms with Crippen molar-refractivity contribution in [1.29, 1.82) is 0 Å². The fraction of sp³-hybridized carbons (Fsp3) is 0.364. The van der Waals surface area contributed by atoms with Gasteiger partial charge in [-0.3, -0.25) is 9.69 Å². The number of rotatable bonds is 6. The van der Waals surface area contributed by atoms with E-state index in [9.17, 15) is 9.59 Å². The molecule has 2 aromatic carbocycles. The van der Waals surface area contributed by atoms with Gasteiger partial charge >= 0.3 is 5.97 Å². The second-order valence-electron chi connectivity index (χ2n) is 7.25. The summed E-state index contributed by atoms with van der Waals surface area (Å²) in [5.41, 5.74) is 6.96. The third-order valence-electron chi connectivity index (χ3n) is 5.35. The Kier molecular flexibility index (Phi) is 6.91. The quantitative estimate of drug-likeness (QED) is 0.647. The Balaban J connectivity index is 2.20. The minimum absolute atomic E-state index is 0.293. The molecule has 160 valence electrons. The SMILES string of the molecule is COC(=O)C1(N(C(C)=O)c2ccc(CCCN)cc2)CCNc2cc(Cl)cc(Cl)c21. The largest absolute Gasteiger partial charge is 0.467 e. The van der Waals surface area contributed by atoms with Gasteiger partial charge in [0.2, 0.25) is 5.91 Å². The number of anilines is 2. The van der Waals surface area contributed by atoms with Gasteiger partial charge in [0.1, 0.15) is 0 Å². The number of nitrogens with zero attached hydrogens (tertiary/aromatic N) is 1. The normalized spacial score (nSPS) is 17.6. The number of esters is 1. The lowest BCUT2D eigenvalue weighted by Crippen LogP contribution is -2.57. The number of aryl methyl sites for hydroxylation is 1. The number of hydrogen-bond donors (Lipinski definition) is 2. The highest BCUT2D eigenvalue weighted by molar-refractivity contribution is 6.36. The maximum absolute atomic E-state index is 13.3. The Hall–Kier alpha value is -2.28. The van der Waals surface area contributed by atoms with Crippen LogP contribution in [-0.4, -0.2) is 32.1 Å². The molecule has 6 nitrogen and oxygen atoms in total. The van der Waals surface area contributed by atoms with E-state index in [0.717, 1.165) is 18.4 Å². The molecule has 3 N–H and O–H groups in total. The van der Waals surface area contributed by atoms with Crippen molar-refractivity contribution in [2.45, 2.75) is 31.7 Å². The number of halogens is 2. The predicted molar refractivity (Wildman–Crippen MR) is 120 cm³/mol. The number of hydrogen-bond acceptors (Lipinski definition) is 5. The zero-order valence-corrected chi connectivity index (χ0v) is 18.5. The van der Waals surface area contributed by atoms with Crippen molar-refractivity contribution >= 4 is 46.5 Å². The number of benzene rings is 2. The fourth-order valence-electron chi connectivity index (χ4n) is 4.11. The Morgan fingerprint density at radius 2 is 1.93 bits per heavy atom. The molecule has 0 aliphatic carbocycles. The first-order chi connectivity index (χ1) is 14.3. The Morgan fingerprint density at radius 1 is 1.23 bits per heavy atom. The van der Waals surface area contributed by atoms with Gasteiger partial charge in [-0.1, -0.05) is 35.3 Å². The van der Waals surface area contributed by atoms with Gasteiger partial charge in [-0.15, -0.1) is 0 Å². The molecule has 30 heavy (non-hydrogen) atoms. The Labute approximate surface area is 186 Å². The minimum atomic E-state index is -1.42. The van der Waals surface area contributed by atoms with Gasteiger partial charge in [-0.2, -0.15) is 0 Å². The molecule has 1 amide bonds. The number of fused-ring (bicyclic) bond motifs is 1. The molecule has 0 bridgehead atoms. The number of methoxy groups -OCH3 is 1. The van der Waals surface area contributed by atoms with Gasteiger partial charge in [0.15, 0.2) is 5.54 Å². The average molecular weight is 450 g/mol. The van der Waals surface area contributed by atoms with Gasteiger partial charge in [0.25, 0.3) is 0 Å². The number of nitrogens with one attached hydrogen (secondary N) is 1. The molecule has 8 heteroatoms. The minimum Gasteiger partial charge on any atom is -0.467 e. The van der Waals surface area contributed by atoms with Crippen LogP contribution in [0.4, 0.5) is 11.4 Å². The number of nitrogens with two attached hydrogens (primary N) is 1. The van der Waals surface area contributed by atoms with Crippen molar-refractivity contribution in [2.75, 3.05) is 30.4 Å². The summed E-state index contributed by atoms with van der Waals surface area (Å²) in [7, 11) is 1.31. The van der Waals surface area contributed by atoms with Gasteiger partial charge < -0.3 is 15.8 Å². The van der Waals surface area contributed by atoms with Crippen LogP contribution >= 0.6 is 23.2 Å². The standard InChI is InChI=1S/C22H25Cl2N3O3/c1-14(28)27(17-7-5-15(6-8-17)4-3-10-25)22(21(29)30-2)9-11-26-19-13-16(23)12-18(24)20(19)22/h5-8,12-13,26H,3-4,9-11,25H2,1-2H3. The smallest absolute Gasteiger partial charge is 0.337 e. The highest BCUT2D eigenvalue weighted by Crippen LogP contribution is 2.47. The second kappa shape index (κ2) is 9.25. The lowest BCUT2D eigenvalue weighted by atomic mass is 9.80. The van der Waals surface area contributed by atoms with Gasteiger partial charge in [-0.05, 0) is 49.2 Å². The summed E-state index contributed by atoms with van der Waals surface area (Å²) < 4.78 is 5.20. The van der Waals surface area contributed by atoms with Crippen LogP contribution in [0.1, 0.15) is 30.9 Å². The van der Waals surface area contributed by atoms with Crippen molar-refractivity contribution < 1.29 is 14.3 Å². The van der Waals surface area contributed by atoms with Gasteiger partial charge in [-0.25, -0.2) is 4.79 Å². The van der Waals surface area contributed by atoms with Crippen molar-refractivity contribution in [3.05, 3.63) is 57.6 Å². The van der Waals surface area contributed by atoms with E-state index in [1.54, 1.807) is 12.1 Å². The molecule has 1 atom stereocenters. The maximum Gasteiger partial charge on any atom is 0.337 e. The van der Waals surface area contributed by atoms with Crippen LogP contribution in [0, 0.1) is 0 Å². The molecular weight excluding hydrogens is 425 g/mol. The molecule has 0 fully saturated rings. The van der Waals surface area contributed by atoms with E-state index < -0.39 is 11.5 Å². The number of amides is 1. The van der Waals surface area contributed by atoms with Crippen molar-refractivity contribution in [1.82, 2.24) is 0 Å². The van der Waals surface area contributed by atoms with Crippen LogP contribution in [0.3, 0.4) is 0 Å². The van der Waals surface area contributed by atoms with Gasteiger partial charge in [0, 0.05) is 41.9 Å². The van der Waals surface area contributed by atoms with Crippen molar-refractivity contribution in [3.63, 3.8) is 0 Å². The summed E-state index contributed by atoms with van der Waals surface area (Å²) in [6.45, 7) is 2.48. The first-order valence-electron chi connectivity index (χ1n) is 9.76. The molecule has 1 aliphatic heterocycles. The first kappa shape index (κ1) is 22.4. The first-order valence-corrected chi connectivity index (χ1v) is 10.5. The van der Waals surface area contributed by atoms with E-state index in [0.29, 0.717) is 46.5 Å². The number of carbonyl (C=O) groups excluding carboxylic acids is 2. The molecule has 2 aromatic rings. The van der Waals surface area contributed by atoms with E-state index in [-0.39, 0.29) is 5.91 Å². The molecule has 1 unspecified atom stereocenters. The predicted octanol–water partition coefficient (Wildman–Crippen LogP) is 4.12. The summed E-state index contributed by atoms with van der Waals surface area (Å²) in [5.74, 6) is -0.856. The zero-order valence-electron chi connectivity index (χ0n) is 17.0. The van der Waals surface area contributed by atoms with Crippen LogP contribution < -0.4 is 16.0 Å². The van der Waals surface area contributed by atoms with Crippen molar-refractivity contribution in [2.24, 2.45) is 5.73 Å².